The molecule has 0 bridgehead atoms. The summed E-state index contributed by atoms with van der Waals surface area (Å²) in [5.74, 6) is -2.17. The number of aliphatic hydroxyl groups is 2. The van der Waals surface area contributed by atoms with Crippen LogP contribution in [0, 0.1) is 0 Å². The van der Waals surface area contributed by atoms with Crippen molar-refractivity contribution < 1.29 is 29.3 Å². The Morgan fingerprint density at radius 3 is 2.52 bits per heavy atom. The first-order valence-electron chi connectivity index (χ1n) is 9.77. The molecule has 4 atom stereocenters. The Kier molecular flexibility index (Phi) is 5.02. The number of hydrogen-bond donors (Lipinski definition) is 2. The minimum absolute atomic E-state index is 0.0619. The fraction of sp³-hybridized carbons (Fsp3) is 0.391. The molecule has 1 aliphatic heterocycles. The number of aliphatic hydroxyl groups excluding tert-OH is 1. The van der Waals surface area contributed by atoms with Crippen LogP contribution in [0.25, 0.3) is 0 Å². The maximum Gasteiger partial charge on any atom is 0.337 e. The third-order valence-electron chi connectivity index (χ3n) is 6.21. The fourth-order valence-corrected chi connectivity index (χ4v) is 4.71. The summed E-state index contributed by atoms with van der Waals surface area (Å²) in [5.41, 5.74) is 0.437. The molecule has 1 heterocycles. The Hall–Kier alpha value is -2.54. The van der Waals surface area contributed by atoms with Crippen molar-refractivity contribution in [3.63, 3.8) is 0 Å². The molecule has 6 heteroatoms. The van der Waals surface area contributed by atoms with Crippen LogP contribution in [0.4, 0.5) is 0 Å². The number of Topliss-reactive ketones (excluding diaryl/α,β-unsaturated/α-hetero) is 1. The lowest BCUT2D eigenvalue weighted by atomic mass is 9.63. The third kappa shape index (κ3) is 3.08. The van der Waals surface area contributed by atoms with Gasteiger partial charge in [-0.25, -0.2) is 4.79 Å². The van der Waals surface area contributed by atoms with Crippen molar-refractivity contribution in [3.05, 3.63) is 71.3 Å². The lowest BCUT2D eigenvalue weighted by Gasteiger charge is -2.43. The van der Waals surface area contributed by atoms with Crippen LogP contribution in [0.3, 0.4) is 0 Å². The first kappa shape index (κ1) is 19.8. The van der Waals surface area contributed by atoms with Crippen LogP contribution in [0.1, 0.15) is 53.3 Å². The van der Waals surface area contributed by atoms with Crippen molar-refractivity contribution in [2.24, 2.45) is 0 Å². The van der Waals surface area contributed by atoms with Gasteiger partial charge < -0.3 is 19.7 Å². The second kappa shape index (κ2) is 7.37. The van der Waals surface area contributed by atoms with E-state index in [1.165, 1.54) is 7.11 Å². The summed E-state index contributed by atoms with van der Waals surface area (Å²) < 4.78 is 10.7. The third-order valence-corrected chi connectivity index (χ3v) is 6.21. The maximum absolute atomic E-state index is 13.1. The summed E-state index contributed by atoms with van der Waals surface area (Å²) in [5, 5.41) is 22.3. The average Bonchev–Trinajstić information content (AvgIpc) is 3.09. The largest absolute Gasteiger partial charge is 0.465 e. The van der Waals surface area contributed by atoms with Gasteiger partial charge in [-0.05, 0) is 36.1 Å². The summed E-state index contributed by atoms with van der Waals surface area (Å²) in [7, 11) is 1.31. The number of ether oxygens (including phenoxy) is 2. The van der Waals surface area contributed by atoms with Gasteiger partial charge in [0.05, 0.1) is 18.8 Å². The van der Waals surface area contributed by atoms with E-state index >= 15 is 0 Å². The molecule has 0 amide bonds. The number of ketones is 1. The van der Waals surface area contributed by atoms with E-state index in [0.29, 0.717) is 36.0 Å². The summed E-state index contributed by atoms with van der Waals surface area (Å²) in [6, 6.07) is 15.6. The maximum atomic E-state index is 13.1. The molecule has 0 unspecified atom stereocenters. The molecule has 2 aliphatic rings. The minimum atomic E-state index is -1.65. The summed E-state index contributed by atoms with van der Waals surface area (Å²) in [6.07, 6.45) is -0.377. The van der Waals surface area contributed by atoms with Gasteiger partial charge in [-0.3, -0.25) is 4.79 Å². The molecule has 0 spiro atoms. The number of methoxy groups -OCH3 is 1. The van der Waals surface area contributed by atoms with Gasteiger partial charge in [-0.15, -0.1) is 0 Å². The molecule has 2 fully saturated rings. The Labute approximate surface area is 169 Å². The Morgan fingerprint density at radius 2 is 1.86 bits per heavy atom. The van der Waals surface area contributed by atoms with E-state index in [2.05, 4.69) is 0 Å². The molecule has 0 radical (unpaired) electrons. The van der Waals surface area contributed by atoms with Crippen molar-refractivity contribution in [2.45, 2.75) is 49.1 Å². The minimum Gasteiger partial charge on any atom is -0.465 e. The number of esters is 1. The lowest BCUT2D eigenvalue weighted by Crippen LogP contribution is -2.56. The highest BCUT2D eigenvalue weighted by Crippen LogP contribution is 2.55. The van der Waals surface area contributed by atoms with Crippen molar-refractivity contribution in [1.29, 1.82) is 0 Å². The summed E-state index contributed by atoms with van der Waals surface area (Å²) >= 11 is 0. The summed E-state index contributed by atoms with van der Waals surface area (Å²) in [6.45, 7) is 0. The van der Waals surface area contributed by atoms with Crippen LogP contribution < -0.4 is 0 Å². The van der Waals surface area contributed by atoms with Gasteiger partial charge in [0.2, 0.25) is 0 Å². The first-order chi connectivity index (χ1) is 13.9. The van der Waals surface area contributed by atoms with Gasteiger partial charge in [-0.2, -0.15) is 0 Å². The predicted octanol–water partition coefficient (Wildman–Crippen LogP) is 2.68. The average molecular weight is 396 g/mol. The number of fused-ring (bicyclic) bond motifs is 1. The van der Waals surface area contributed by atoms with Crippen molar-refractivity contribution in [1.82, 2.24) is 0 Å². The zero-order chi connectivity index (χ0) is 20.6. The molecule has 2 N–H and O–H groups in total. The molecule has 152 valence electrons. The van der Waals surface area contributed by atoms with Crippen LogP contribution >= 0.6 is 0 Å². The van der Waals surface area contributed by atoms with Gasteiger partial charge in [-0.1, -0.05) is 42.5 Å². The highest BCUT2D eigenvalue weighted by molar-refractivity contribution is 5.93. The van der Waals surface area contributed by atoms with E-state index < -0.39 is 29.4 Å². The topological polar surface area (TPSA) is 93.1 Å². The van der Waals surface area contributed by atoms with Crippen LogP contribution in [0.15, 0.2) is 54.6 Å². The van der Waals surface area contributed by atoms with E-state index in [9.17, 15) is 19.8 Å². The zero-order valence-corrected chi connectivity index (χ0v) is 16.2. The van der Waals surface area contributed by atoms with Gasteiger partial charge >= 0.3 is 5.97 Å². The quantitative estimate of drug-likeness (QED) is 0.772. The van der Waals surface area contributed by atoms with E-state index in [1.807, 2.05) is 30.3 Å². The molecule has 29 heavy (non-hydrogen) atoms. The van der Waals surface area contributed by atoms with Crippen LogP contribution in [-0.4, -0.2) is 41.0 Å². The zero-order valence-electron chi connectivity index (χ0n) is 16.2. The number of carbonyl (C=O) groups is 2. The highest BCUT2D eigenvalue weighted by Gasteiger charge is 2.66. The standard InChI is InChI=1S/C23H24O6/c1-28-21(26)16-11-9-15(10-12-16)20(25)18-14-22(17-6-3-2-4-7-17)19(24)8-5-13-23(22,27)29-18/h2-4,6-7,9-12,18,20,25,27H,5,8,13-14H2,1H3/t18-,20-,22+,23+/m0/s1. The number of benzene rings is 2. The molecule has 0 aromatic heterocycles. The number of carbonyl (C=O) groups excluding carboxylic acids is 2. The monoisotopic (exact) mass is 396 g/mol. The first-order valence-corrected chi connectivity index (χ1v) is 9.77. The van der Waals surface area contributed by atoms with Crippen molar-refractivity contribution >= 4 is 11.8 Å². The van der Waals surface area contributed by atoms with Gasteiger partial charge in [0, 0.05) is 12.8 Å². The van der Waals surface area contributed by atoms with E-state index in [0.717, 1.165) is 0 Å². The van der Waals surface area contributed by atoms with Crippen molar-refractivity contribution in [3.8, 4) is 0 Å². The van der Waals surface area contributed by atoms with E-state index in [-0.39, 0.29) is 12.2 Å². The molecule has 6 nitrogen and oxygen atoms in total. The van der Waals surface area contributed by atoms with Gasteiger partial charge in [0.25, 0.3) is 0 Å². The molecule has 1 aliphatic carbocycles. The van der Waals surface area contributed by atoms with E-state index in [4.69, 9.17) is 9.47 Å². The Bertz CT molecular complexity index is 909. The van der Waals surface area contributed by atoms with Gasteiger partial charge in [0.1, 0.15) is 17.3 Å². The number of hydrogen-bond acceptors (Lipinski definition) is 6. The molecule has 4 rings (SSSR count). The van der Waals surface area contributed by atoms with Crippen molar-refractivity contribution in [2.75, 3.05) is 7.11 Å². The molecular formula is C23H24O6. The lowest BCUT2D eigenvalue weighted by molar-refractivity contribution is -0.239. The van der Waals surface area contributed by atoms with E-state index in [1.54, 1.807) is 24.3 Å². The molecule has 2 aromatic carbocycles. The Morgan fingerprint density at radius 1 is 1.17 bits per heavy atom. The van der Waals surface area contributed by atoms with Crippen LogP contribution in [0.2, 0.25) is 0 Å². The predicted molar refractivity (Wildman–Crippen MR) is 104 cm³/mol. The smallest absolute Gasteiger partial charge is 0.337 e. The van der Waals surface area contributed by atoms with Crippen LogP contribution in [-0.2, 0) is 19.7 Å². The molecule has 1 saturated heterocycles. The molecule has 2 aromatic rings. The summed E-state index contributed by atoms with van der Waals surface area (Å²) in [4.78, 5) is 24.7. The molecular weight excluding hydrogens is 372 g/mol. The van der Waals surface area contributed by atoms with Crippen LogP contribution in [0.5, 0.6) is 0 Å². The second-order valence-corrected chi connectivity index (χ2v) is 7.75. The normalized spacial score (nSPS) is 29.9. The fourth-order valence-electron chi connectivity index (χ4n) is 4.71. The number of rotatable bonds is 4. The van der Waals surface area contributed by atoms with Gasteiger partial charge in [0.15, 0.2) is 5.79 Å². The highest BCUT2D eigenvalue weighted by atomic mass is 16.6. The SMILES string of the molecule is COC(=O)c1ccc([C@H](O)[C@@H]2C[C@@]3(c4ccccc4)C(=O)CCC[C@@]3(O)O2)cc1. The molecule has 1 saturated carbocycles. The Balaban J connectivity index is 1.67. The second-order valence-electron chi connectivity index (χ2n) is 7.75.